The number of anilines is 1. The van der Waals surface area contributed by atoms with E-state index in [2.05, 4.69) is 5.32 Å². The maximum absolute atomic E-state index is 13.0. The number of ether oxygens (including phenoxy) is 1. The molecular weight excluding hydrogens is 327 g/mol. The summed E-state index contributed by atoms with van der Waals surface area (Å²) in [7, 11) is 0. The zero-order chi connectivity index (χ0) is 17.0. The highest BCUT2D eigenvalue weighted by Crippen LogP contribution is 2.23. The number of hydrogen-bond acceptors (Lipinski definition) is 4. The summed E-state index contributed by atoms with van der Waals surface area (Å²) in [6.45, 7) is 1.51. The molecule has 6 nitrogen and oxygen atoms in total. The van der Waals surface area contributed by atoms with E-state index in [1.165, 1.54) is 43.3 Å². The van der Waals surface area contributed by atoms with Gasteiger partial charge >= 0.3 is 0 Å². The maximum Gasteiger partial charge on any atom is 0.269 e. The van der Waals surface area contributed by atoms with Crippen LogP contribution >= 0.6 is 11.6 Å². The number of halogens is 2. The van der Waals surface area contributed by atoms with Crippen molar-refractivity contribution in [3.8, 4) is 5.75 Å². The van der Waals surface area contributed by atoms with Crippen LogP contribution in [-0.2, 0) is 4.79 Å². The average molecular weight is 339 g/mol. The van der Waals surface area contributed by atoms with Crippen molar-refractivity contribution in [1.29, 1.82) is 0 Å². The Balaban J connectivity index is 2.00. The fourth-order valence-electron chi connectivity index (χ4n) is 1.73. The summed E-state index contributed by atoms with van der Waals surface area (Å²) in [5.41, 5.74) is 0.185. The number of carbonyl (C=O) groups is 1. The molecule has 0 unspecified atom stereocenters. The van der Waals surface area contributed by atoms with Gasteiger partial charge in [-0.05, 0) is 37.3 Å². The number of nitro groups is 1. The van der Waals surface area contributed by atoms with Crippen LogP contribution in [0.3, 0.4) is 0 Å². The van der Waals surface area contributed by atoms with Crippen molar-refractivity contribution in [2.24, 2.45) is 0 Å². The van der Waals surface area contributed by atoms with Gasteiger partial charge in [0.2, 0.25) is 0 Å². The smallest absolute Gasteiger partial charge is 0.269 e. The highest BCUT2D eigenvalue weighted by atomic mass is 35.5. The van der Waals surface area contributed by atoms with E-state index in [-0.39, 0.29) is 16.4 Å². The van der Waals surface area contributed by atoms with Crippen LogP contribution in [0.5, 0.6) is 5.75 Å². The molecule has 1 atom stereocenters. The van der Waals surface area contributed by atoms with Crippen LogP contribution in [-0.4, -0.2) is 16.9 Å². The molecular formula is C15H12ClFN2O4. The Bertz CT molecular complexity index is 737. The summed E-state index contributed by atoms with van der Waals surface area (Å²) in [6, 6.07) is 8.93. The minimum Gasteiger partial charge on any atom is -0.481 e. The standard InChI is InChI=1S/C15H12ClFN2O4/c1-9(23-12-5-3-11(4-6-12)19(21)22)15(20)18-14-7-2-10(17)8-13(14)16/h2-9H,1H3,(H,18,20)/t9-/m0/s1. The van der Waals surface area contributed by atoms with Gasteiger partial charge in [-0.25, -0.2) is 4.39 Å². The van der Waals surface area contributed by atoms with Gasteiger partial charge in [-0.3, -0.25) is 14.9 Å². The van der Waals surface area contributed by atoms with Crippen molar-refractivity contribution < 1.29 is 18.8 Å². The summed E-state index contributed by atoms with van der Waals surface area (Å²) in [4.78, 5) is 22.1. The van der Waals surface area contributed by atoms with Crippen LogP contribution in [0.15, 0.2) is 42.5 Å². The van der Waals surface area contributed by atoms with Crippen LogP contribution in [0, 0.1) is 15.9 Å². The third-order valence-electron chi connectivity index (χ3n) is 2.92. The van der Waals surface area contributed by atoms with Crippen molar-refractivity contribution in [1.82, 2.24) is 0 Å². The van der Waals surface area contributed by atoms with Gasteiger partial charge in [0, 0.05) is 12.1 Å². The minimum absolute atomic E-state index is 0.0703. The van der Waals surface area contributed by atoms with E-state index in [0.29, 0.717) is 5.75 Å². The van der Waals surface area contributed by atoms with E-state index >= 15 is 0 Å². The van der Waals surface area contributed by atoms with Crippen molar-refractivity contribution in [3.63, 3.8) is 0 Å². The number of benzene rings is 2. The summed E-state index contributed by atoms with van der Waals surface area (Å²) >= 11 is 5.83. The highest BCUT2D eigenvalue weighted by Gasteiger charge is 2.17. The van der Waals surface area contributed by atoms with Crippen LogP contribution in [0.1, 0.15) is 6.92 Å². The summed E-state index contributed by atoms with van der Waals surface area (Å²) < 4.78 is 18.3. The molecule has 0 aliphatic heterocycles. The molecule has 0 bridgehead atoms. The Hall–Kier alpha value is -2.67. The Labute approximate surface area is 136 Å². The third kappa shape index (κ3) is 4.40. The van der Waals surface area contributed by atoms with Gasteiger partial charge in [-0.15, -0.1) is 0 Å². The molecule has 0 radical (unpaired) electrons. The lowest BCUT2D eigenvalue weighted by Gasteiger charge is -2.15. The molecule has 23 heavy (non-hydrogen) atoms. The van der Waals surface area contributed by atoms with Crippen LogP contribution < -0.4 is 10.1 Å². The normalized spacial score (nSPS) is 11.6. The quantitative estimate of drug-likeness (QED) is 0.664. The van der Waals surface area contributed by atoms with Crippen molar-refractivity contribution >= 4 is 28.9 Å². The number of amides is 1. The predicted octanol–water partition coefficient (Wildman–Crippen LogP) is 3.79. The number of carbonyl (C=O) groups excluding carboxylic acids is 1. The van der Waals surface area contributed by atoms with E-state index in [0.717, 1.165) is 6.07 Å². The Morgan fingerprint density at radius 2 is 1.96 bits per heavy atom. The third-order valence-corrected chi connectivity index (χ3v) is 3.23. The molecule has 2 aromatic carbocycles. The predicted molar refractivity (Wildman–Crippen MR) is 83.2 cm³/mol. The van der Waals surface area contributed by atoms with Crippen molar-refractivity contribution in [2.45, 2.75) is 13.0 Å². The van der Waals surface area contributed by atoms with Gasteiger partial charge in [-0.2, -0.15) is 0 Å². The number of non-ortho nitro benzene ring substituents is 1. The summed E-state index contributed by atoms with van der Waals surface area (Å²) in [5.74, 6) is -0.691. The molecule has 0 aromatic heterocycles. The molecule has 0 fully saturated rings. The molecule has 8 heteroatoms. The second-order valence-electron chi connectivity index (χ2n) is 4.62. The molecule has 1 N–H and O–H groups in total. The SMILES string of the molecule is C[C@H](Oc1ccc([N+](=O)[O-])cc1)C(=O)Nc1ccc(F)cc1Cl. The Morgan fingerprint density at radius 1 is 1.30 bits per heavy atom. The lowest BCUT2D eigenvalue weighted by Crippen LogP contribution is -2.30. The molecule has 2 rings (SSSR count). The van der Waals surface area contributed by atoms with Gasteiger partial charge in [-0.1, -0.05) is 11.6 Å². The van der Waals surface area contributed by atoms with Crippen LogP contribution in [0.25, 0.3) is 0 Å². The maximum atomic E-state index is 13.0. The molecule has 0 heterocycles. The van der Waals surface area contributed by atoms with Crippen molar-refractivity contribution in [3.05, 3.63) is 63.4 Å². The molecule has 1 amide bonds. The van der Waals surface area contributed by atoms with Gasteiger partial charge in [0.25, 0.3) is 11.6 Å². The molecule has 0 aliphatic carbocycles. The lowest BCUT2D eigenvalue weighted by atomic mass is 10.2. The molecule has 120 valence electrons. The van der Waals surface area contributed by atoms with Crippen LogP contribution in [0.4, 0.5) is 15.8 Å². The lowest BCUT2D eigenvalue weighted by molar-refractivity contribution is -0.384. The topological polar surface area (TPSA) is 81.5 Å². The largest absolute Gasteiger partial charge is 0.481 e. The zero-order valence-corrected chi connectivity index (χ0v) is 12.7. The second-order valence-corrected chi connectivity index (χ2v) is 5.03. The van der Waals surface area contributed by atoms with Gasteiger partial charge in [0.1, 0.15) is 11.6 Å². The second kappa shape index (κ2) is 7.06. The first-order chi connectivity index (χ1) is 10.9. The Kier molecular flexibility index (Phi) is 5.13. The summed E-state index contributed by atoms with van der Waals surface area (Å²) in [6.07, 6.45) is -0.877. The van der Waals surface area contributed by atoms with Gasteiger partial charge in [0.15, 0.2) is 6.10 Å². The molecule has 2 aromatic rings. The van der Waals surface area contributed by atoms with Gasteiger partial charge < -0.3 is 10.1 Å². The first-order valence-corrected chi connectivity index (χ1v) is 6.91. The number of nitro benzene ring substituents is 1. The monoisotopic (exact) mass is 338 g/mol. The van der Waals surface area contributed by atoms with Gasteiger partial charge in [0.05, 0.1) is 15.6 Å². The minimum atomic E-state index is -0.877. The first kappa shape index (κ1) is 16.7. The fourth-order valence-corrected chi connectivity index (χ4v) is 1.94. The summed E-state index contributed by atoms with van der Waals surface area (Å²) in [5, 5.41) is 13.1. The number of nitrogens with zero attached hydrogens (tertiary/aromatic N) is 1. The number of nitrogens with one attached hydrogen (secondary N) is 1. The first-order valence-electron chi connectivity index (χ1n) is 6.54. The Morgan fingerprint density at radius 3 is 2.52 bits per heavy atom. The number of rotatable bonds is 5. The van der Waals surface area contributed by atoms with E-state index in [1.54, 1.807) is 0 Å². The highest BCUT2D eigenvalue weighted by molar-refractivity contribution is 6.33. The van der Waals surface area contributed by atoms with Crippen molar-refractivity contribution in [2.75, 3.05) is 5.32 Å². The number of hydrogen-bond donors (Lipinski definition) is 1. The zero-order valence-electron chi connectivity index (χ0n) is 12.0. The van der Waals surface area contributed by atoms with E-state index in [4.69, 9.17) is 16.3 Å². The fraction of sp³-hybridized carbons (Fsp3) is 0.133. The van der Waals surface area contributed by atoms with E-state index < -0.39 is 22.8 Å². The molecule has 0 saturated carbocycles. The molecule has 0 saturated heterocycles. The van der Waals surface area contributed by atoms with E-state index in [9.17, 15) is 19.3 Å². The molecule has 0 spiro atoms. The van der Waals surface area contributed by atoms with E-state index in [1.807, 2.05) is 0 Å². The molecule has 0 aliphatic rings. The van der Waals surface area contributed by atoms with Crippen LogP contribution in [0.2, 0.25) is 5.02 Å². The average Bonchev–Trinajstić information content (AvgIpc) is 2.50.